The van der Waals surface area contributed by atoms with Crippen molar-refractivity contribution in [2.75, 3.05) is 5.32 Å². The molecule has 0 unspecified atom stereocenters. The Bertz CT molecular complexity index is 862. The predicted molar refractivity (Wildman–Crippen MR) is 84.5 cm³/mol. The summed E-state index contributed by atoms with van der Waals surface area (Å²) < 4.78 is 49.2. The number of carbonyl (C=O) groups excluding carboxylic acids is 1. The van der Waals surface area contributed by atoms with E-state index in [4.69, 9.17) is 11.6 Å². The fourth-order valence-corrected chi connectivity index (χ4v) is 3.09. The Morgan fingerprint density at radius 3 is 2.61 bits per heavy atom. The first-order valence-corrected chi connectivity index (χ1v) is 8.68. The molecule has 0 atom stereocenters. The highest BCUT2D eigenvalue weighted by Gasteiger charge is 2.29. The van der Waals surface area contributed by atoms with Crippen LogP contribution in [0.25, 0.3) is 0 Å². The number of pyridine rings is 1. The number of anilines is 1. The Kier molecular flexibility index (Phi) is 5.33. The van der Waals surface area contributed by atoms with Crippen LogP contribution in [-0.2, 0) is 9.84 Å². The van der Waals surface area contributed by atoms with Crippen LogP contribution in [0.15, 0.2) is 45.9 Å². The molecule has 0 saturated heterocycles. The highest BCUT2D eigenvalue weighted by molar-refractivity contribution is 9.10. The number of hydrogen-bond acceptors (Lipinski definition) is 4. The van der Waals surface area contributed by atoms with Gasteiger partial charge in [-0.3, -0.25) is 4.79 Å². The summed E-state index contributed by atoms with van der Waals surface area (Å²) in [6.07, 6.45) is 1.37. The third kappa shape index (κ3) is 3.85. The molecule has 1 aromatic heterocycles. The first-order valence-electron chi connectivity index (χ1n) is 5.97. The van der Waals surface area contributed by atoms with Gasteiger partial charge in [-0.05, 0) is 34.1 Å². The van der Waals surface area contributed by atoms with Crippen LogP contribution in [0.1, 0.15) is 10.4 Å². The second-order valence-electron chi connectivity index (χ2n) is 4.25. The van der Waals surface area contributed by atoms with E-state index in [-0.39, 0.29) is 16.4 Å². The number of para-hydroxylation sites is 1. The predicted octanol–water partition coefficient (Wildman–Crippen LogP) is 3.75. The zero-order valence-electron chi connectivity index (χ0n) is 11.1. The van der Waals surface area contributed by atoms with Gasteiger partial charge in [-0.25, -0.2) is 13.4 Å². The lowest BCUT2D eigenvalue weighted by atomic mass is 10.2. The molecular formula is C13H8BrClF2N2O3S. The van der Waals surface area contributed by atoms with Crippen molar-refractivity contribution in [3.05, 3.63) is 51.7 Å². The molecule has 0 fully saturated rings. The van der Waals surface area contributed by atoms with Crippen LogP contribution in [-0.4, -0.2) is 25.1 Å². The van der Waals surface area contributed by atoms with Crippen molar-refractivity contribution in [1.82, 2.24) is 4.98 Å². The molecule has 1 amide bonds. The van der Waals surface area contributed by atoms with Gasteiger partial charge >= 0.3 is 5.76 Å². The van der Waals surface area contributed by atoms with Gasteiger partial charge in [0.25, 0.3) is 5.91 Å². The van der Waals surface area contributed by atoms with Crippen LogP contribution in [0.5, 0.6) is 0 Å². The normalized spacial score (nSPS) is 11.5. The smallest absolute Gasteiger partial charge is 0.321 e. The molecule has 0 aliphatic rings. The van der Waals surface area contributed by atoms with Gasteiger partial charge in [0.05, 0.1) is 16.1 Å². The molecule has 0 radical (unpaired) electrons. The number of benzene rings is 1. The zero-order chi connectivity index (χ0) is 17.2. The summed E-state index contributed by atoms with van der Waals surface area (Å²) in [6.45, 7) is 0. The molecule has 1 N–H and O–H groups in total. The van der Waals surface area contributed by atoms with Gasteiger partial charge in [-0.1, -0.05) is 23.7 Å². The van der Waals surface area contributed by atoms with Crippen LogP contribution in [0.4, 0.5) is 14.5 Å². The van der Waals surface area contributed by atoms with Crippen molar-refractivity contribution < 1.29 is 22.0 Å². The second kappa shape index (κ2) is 6.90. The quantitative estimate of drug-likeness (QED) is 0.757. The maximum absolute atomic E-state index is 12.7. The Hall–Kier alpha value is -1.58. The minimum Gasteiger partial charge on any atom is -0.321 e. The molecule has 0 aliphatic heterocycles. The molecule has 10 heteroatoms. The Morgan fingerprint density at radius 1 is 1.30 bits per heavy atom. The van der Waals surface area contributed by atoms with Crippen molar-refractivity contribution in [2.24, 2.45) is 0 Å². The standard InChI is InChI=1S/C13H8BrClF2N2O3S/c14-7-5-8(11(15)18-6-7)12(20)19-9-3-1-2-4-10(9)23(21,22)13(16)17/h1-6,13H,(H,19,20). The molecule has 0 aliphatic carbocycles. The highest BCUT2D eigenvalue weighted by Crippen LogP contribution is 2.27. The van der Waals surface area contributed by atoms with E-state index in [2.05, 4.69) is 26.2 Å². The number of halogens is 4. The summed E-state index contributed by atoms with van der Waals surface area (Å²) in [5, 5.41) is 2.15. The molecule has 23 heavy (non-hydrogen) atoms. The summed E-state index contributed by atoms with van der Waals surface area (Å²) in [7, 11) is -4.86. The Labute approximate surface area is 143 Å². The summed E-state index contributed by atoms with van der Waals surface area (Å²) in [5.41, 5.74) is -0.306. The molecule has 1 heterocycles. The number of nitrogens with one attached hydrogen (secondary N) is 1. The van der Waals surface area contributed by atoms with Gasteiger partial charge in [0.15, 0.2) is 0 Å². The Balaban J connectivity index is 2.42. The van der Waals surface area contributed by atoms with Gasteiger partial charge in [-0.15, -0.1) is 0 Å². The second-order valence-corrected chi connectivity index (χ2v) is 7.41. The van der Waals surface area contributed by atoms with Crippen LogP contribution in [0, 0.1) is 0 Å². The third-order valence-electron chi connectivity index (χ3n) is 2.73. The van der Waals surface area contributed by atoms with Gasteiger partial charge in [0.1, 0.15) is 5.15 Å². The fourth-order valence-electron chi connectivity index (χ4n) is 1.69. The third-order valence-corrected chi connectivity index (χ3v) is 4.90. The maximum atomic E-state index is 12.7. The zero-order valence-corrected chi connectivity index (χ0v) is 14.3. The van der Waals surface area contributed by atoms with E-state index in [0.717, 1.165) is 6.07 Å². The van der Waals surface area contributed by atoms with Crippen molar-refractivity contribution in [3.8, 4) is 0 Å². The first-order chi connectivity index (χ1) is 10.7. The molecule has 122 valence electrons. The van der Waals surface area contributed by atoms with Gasteiger partial charge in [0, 0.05) is 10.7 Å². The maximum Gasteiger partial charge on any atom is 0.341 e. The number of aromatic nitrogens is 1. The topological polar surface area (TPSA) is 76.1 Å². The average Bonchev–Trinajstić information content (AvgIpc) is 2.49. The molecular weight excluding hydrogens is 418 g/mol. The molecule has 2 aromatic rings. The SMILES string of the molecule is O=C(Nc1ccccc1S(=O)(=O)C(F)F)c1cc(Br)cnc1Cl. The van der Waals surface area contributed by atoms with E-state index < -0.39 is 26.4 Å². The minimum absolute atomic E-state index is 0.0368. The van der Waals surface area contributed by atoms with E-state index in [1.54, 1.807) is 0 Å². The average molecular weight is 426 g/mol. The van der Waals surface area contributed by atoms with Crippen LogP contribution < -0.4 is 5.32 Å². The van der Waals surface area contributed by atoms with Crippen LogP contribution in [0.3, 0.4) is 0 Å². The van der Waals surface area contributed by atoms with Gasteiger partial charge in [0.2, 0.25) is 9.84 Å². The van der Waals surface area contributed by atoms with E-state index >= 15 is 0 Å². The highest BCUT2D eigenvalue weighted by atomic mass is 79.9. The fraction of sp³-hybridized carbons (Fsp3) is 0.0769. The number of rotatable bonds is 4. The van der Waals surface area contributed by atoms with Crippen LogP contribution >= 0.6 is 27.5 Å². The van der Waals surface area contributed by atoms with E-state index in [9.17, 15) is 22.0 Å². The first kappa shape index (κ1) is 17.8. The summed E-state index contributed by atoms with van der Waals surface area (Å²) in [4.78, 5) is 15.3. The van der Waals surface area contributed by atoms with Crippen LogP contribution in [0.2, 0.25) is 5.15 Å². The summed E-state index contributed by atoms with van der Waals surface area (Å²) in [6, 6.07) is 6.23. The lowest BCUT2D eigenvalue weighted by molar-refractivity contribution is 0.102. The largest absolute Gasteiger partial charge is 0.341 e. The van der Waals surface area contributed by atoms with Crippen molar-refractivity contribution in [1.29, 1.82) is 0 Å². The molecule has 1 aromatic carbocycles. The number of amides is 1. The summed E-state index contributed by atoms with van der Waals surface area (Å²) >= 11 is 8.93. The number of sulfone groups is 1. The number of alkyl halides is 2. The molecule has 0 bridgehead atoms. The lowest BCUT2D eigenvalue weighted by Gasteiger charge is -2.11. The molecule has 5 nitrogen and oxygen atoms in total. The molecule has 2 rings (SSSR count). The van der Waals surface area contributed by atoms with E-state index in [1.807, 2.05) is 0 Å². The lowest BCUT2D eigenvalue weighted by Crippen LogP contribution is -2.18. The van der Waals surface area contributed by atoms with Gasteiger partial charge in [-0.2, -0.15) is 8.78 Å². The van der Waals surface area contributed by atoms with E-state index in [0.29, 0.717) is 4.47 Å². The van der Waals surface area contributed by atoms with Gasteiger partial charge < -0.3 is 5.32 Å². The minimum atomic E-state index is -4.86. The molecule has 0 spiro atoms. The monoisotopic (exact) mass is 424 g/mol. The Morgan fingerprint density at radius 2 is 1.96 bits per heavy atom. The number of hydrogen-bond donors (Lipinski definition) is 1. The number of carbonyl (C=O) groups is 1. The summed E-state index contributed by atoms with van der Waals surface area (Å²) in [5.74, 6) is -4.38. The van der Waals surface area contributed by atoms with Crippen molar-refractivity contribution in [2.45, 2.75) is 10.7 Å². The molecule has 0 saturated carbocycles. The van der Waals surface area contributed by atoms with E-state index in [1.165, 1.54) is 30.5 Å². The van der Waals surface area contributed by atoms with Crippen molar-refractivity contribution >= 4 is 49.0 Å². The number of nitrogens with zero attached hydrogens (tertiary/aromatic N) is 1. The van der Waals surface area contributed by atoms with Crippen molar-refractivity contribution in [3.63, 3.8) is 0 Å².